The highest BCUT2D eigenvalue weighted by atomic mass is 16.3. The second kappa shape index (κ2) is 9.49. The van der Waals surface area contributed by atoms with Gasteiger partial charge >= 0.3 is 0 Å². The largest absolute Gasteiger partial charge is 0.391 e. The Morgan fingerprint density at radius 2 is 2.14 bits per heavy atom. The summed E-state index contributed by atoms with van der Waals surface area (Å²) in [6.45, 7) is 7.67. The van der Waals surface area contributed by atoms with Gasteiger partial charge in [-0.25, -0.2) is 4.68 Å². The molecule has 4 N–H and O–H groups in total. The molecule has 0 bridgehead atoms. The van der Waals surface area contributed by atoms with Crippen LogP contribution < -0.4 is 5.73 Å². The van der Waals surface area contributed by atoms with Gasteiger partial charge in [0.15, 0.2) is 0 Å². The Balaban J connectivity index is 1.18. The number of aldehydes is 1. The fraction of sp³-hybridized carbons (Fsp3) is 0.552. The van der Waals surface area contributed by atoms with E-state index in [1.54, 1.807) is 0 Å². The van der Waals surface area contributed by atoms with E-state index in [4.69, 9.17) is 10.7 Å². The summed E-state index contributed by atoms with van der Waals surface area (Å²) in [5.41, 5.74) is 11.9. The summed E-state index contributed by atoms with van der Waals surface area (Å²) in [5.74, 6) is 0.662. The van der Waals surface area contributed by atoms with Crippen LogP contribution in [0, 0.1) is 23.2 Å². The Bertz CT molecular complexity index is 1240. The zero-order valence-corrected chi connectivity index (χ0v) is 21.8. The summed E-state index contributed by atoms with van der Waals surface area (Å²) < 4.78 is 1.82. The van der Waals surface area contributed by atoms with Crippen molar-refractivity contribution in [1.82, 2.24) is 19.7 Å². The Morgan fingerprint density at radius 1 is 1.35 bits per heavy atom. The zero-order chi connectivity index (χ0) is 25.7. The van der Waals surface area contributed by atoms with Crippen LogP contribution in [0.5, 0.6) is 0 Å². The number of hydrogen-bond donors (Lipinski definition) is 3. The number of aliphatic imine (C=N–C) groups is 1. The van der Waals surface area contributed by atoms with E-state index in [-0.39, 0.29) is 23.4 Å². The molecular weight excluding hydrogens is 464 g/mol. The third kappa shape index (κ3) is 4.35. The summed E-state index contributed by atoms with van der Waals surface area (Å²) in [5, 5.41) is 15.4. The highest BCUT2D eigenvalue weighted by Gasteiger charge is 2.52. The zero-order valence-electron chi connectivity index (χ0n) is 21.8. The van der Waals surface area contributed by atoms with Gasteiger partial charge in [0.05, 0.1) is 41.9 Å². The van der Waals surface area contributed by atoms with Crippen molar-refractivity contribution in [1.29, 1.82) is 0 Å². The minimum atomic E-state index is -0.497. The van der Waals surface area contributed by atoms with E-state index in [1.807, 2.05) is 29.2 Å². The van der Waals surface area contributed by atoms with E-state index in [1.165, 1.54) is 0 Å². The quantitative estimate of drug-likeness (QED) is 0.504. The van der Waals surface area contributed by atoms with E-state index in [2.05, 4.69) is 47.1 Å². The standard InChI is InChI=1S/C29H38N6O2/c1-18-13-29(18,2)27(37)16-34-10-7-19(8-11-34)21-12-26-22(15-33-35(26)28(30)23(21)17-36)20-5-6-25(32-14-20)24-4-3-9-31-24/h3-6,9,12,15,17-20,23,27-28,31,37H,7-8,10-11,13-14,16,30H2,1-2H3. The lowest BCUT2D eigenvalue weighted by Crippen LogP contribution is -2.43. The number of aliphatic hydroxyl groups is 1. The maximum atomic E-state index is 12.2. The maximum absolute atomic E-state index is 12.2. The number of carbonyl (C=O) groups excluding carboxylic acids is 1. The van der Waals surface area contributed by atoms with Gasteiger partial charge in [-0.1, -0.05) is 25.5 Å². The predicted octanol–water partition coefficient (Wildman–Crippen LogP) is 3.14. The van der Waals surface area contributed by atoms with Crippen molar-refractivity contribution in [3.8, 4) is 0 Å². The van der Waals surface area contributed by atoms with E-state index in [9.17, 15) is 9.90 Å². The SMILES string of the molecule is CC1CC1(C)C(O)CN1CCC(C2=Cc3c(C4C=CC(c5ccc[nH]5)=NC4)cnn3C(N)C2C=O)CC1. The molecule has 2 aromatic heterocycles. The predicted molar refractivity (Wildman–Crippen MR) is 144 cm³/mol. The molecule has 2 aromatic rings. The number of aromatic amines is 1. The summed E-state index contributed by atoms with van der Waals surface area (Å²) in [6, 6.07) is 4.00. The number of nitrogens with zero attached hydrogens (tertiary/aromatic N) is 4. The molecule has 1 aliphatic carbocycles. The van der Waals surface area contributed by atoms with Crippen LogP contribution in [0.25, 0.3) is 6.08 Å². The minimum absolute atomic E-state index is 0.0762. The molecule has 8 nitrogen and oxygen atoms in total. The minimum Gasteiger partial charge on any atom is -0.391 e. The average Bonchev–Trinajstić information content (AvgIpc) is 3.32. The molecule has 0 radical (unpaired) electrons. The summed E-state index contributed by atoms with van der Waals surface area (Å²) in [6.07, 6.45) is 13.5. The fourth-order valence-electron chi connectivity index (χ4n) is 6.56. The first-order valence-corrected chi connectivity index (χ1v) is 13.7. The van der Waals surface area contributed by atoms with Crippen LogP contribution in [0.4, 0.5) is 0 Å². The van der Waals surface area contributed by atoms with Crippen LogP contribution in [0.2, 0.25) is 0 Å². The number of β-amino-alcohol motifs (C(OH)–C–C–N with tert-alkyl or cyclic N) is 1. The van der Waals surface area contributed by atoms with Crippen LogP contribution in [0.1, 0.15) is 62.1 Å². The Hall–Kier alpha value is -2.81. The molecule has 6 rings (SSSR count). The van der Waals surface area contributed by atoms with Gasteiger partial charge in [0, 0.05) is 24.2 Å². The van der Waals surface area contributed by atoms with Crippen LogP contribution in [0.3, 0.4) is 0 Å². The van der Waals surface area contributed by atoms with Crippen LogP contribution in [0.15, 0.2) is 47.2 Å². The molecule has 37 heavy (non-hydrogen) atoms. The highest BCUT2D eigenvalue weighted by molar-refractivity contribution is 6.08. The van der Waals surface area contributed by atoms with Gasteiger partial charge in [-0.15, -0.1) is 0 Å². The van der Waals surface area contributed by atoms with Crippen molar-refractivity contribution in [2.24, 2.45) is 33.9 Å². The number of likely N-dealkylation sites (tertiary alicyclic amines) is 1. The highest BCUT2D eigenvalue weighted by Crippen LogP contribution is 2.54. The topological polar surface area (TPSA) is 113 Å². The van der Waals surface area contributed by atoms with Crippen molar-refractivity contribution >= 4 is 18.1 Å². The Kier molecular flexibility index (Phi) is 6.29. The smallest absolute Gasteiger partial charge is 0.130 e. The fourth-order valence-corrected chi connectivity index (χ4v) is 6.56. The summed E-state index contributed by atoms with van der Waals surface area (Å²) >= 11 is 0. The normalized spacial score (nSPS) is 33.0. The van der Waals surface area contributed by atoms with E-state index >= 15 is 0 Å². The van der Waals surface area contributed by atoms with E-state index < -0.39 is 6.17 Å². The second-order valence-electron chi connectivity index (χ2n) is 11.7. The number of aliphatic hydroxyl groups excluding tert-OH is 1. The maximum Gasteiger partial charge on any atom is 0.130 e. The molecule has 4 aliphatic rings. The molecule has 6 unspecified atom stereocenters. The number of carbonyl (C=O) groups is 1. The Labute approximate surface area is 218 Å². The number of dihydropyridines is 1. The van der Waals surface area contributed by atoms with Gasteiger partial charge < -0.3 is 25.5 Å². The average molecular weight is 503 g/mol. The second-order valence-corrected chi connectivity index (χ2v) is 11.7. The molecule has 1 saturated carbocycles. The van der Waals surface area contributed by atoms with E-state index in [0.29, 0.717) is 18.4 Å². The number of aromatic nitrogens is 3. The van der Waals surface area contributed by atoms with Gasteiger partial charge in [0.1, 0.15) is 12.5 Å². The van der Waals surface area contributed by atoms with Crippen LogP contribution >= 0.6 is 0 Å². The summed E-state index contributed by atoms with van der Waals surface area (Å²) in [4.78, 5) is 22.6. The number of nitrogens with one attached hydrogen (secondary N) is 1. The van der Waals surface area contributed by atoms with Crippen LogP contribution in [-0.2, 0) is 4.79 Å². The number of nitrogens with two attached hydrogens (primary N) is 1. The molecule has 3 aliphatic heterocycles. The number of rotatable bonds is 7. The number of hydrogen-bond acceptors (Lipinski definition) is 6. The third-order valence-corrected chi connectivity index (χ3v) is 9.53. The molecule has 8 heteroatoms. The third-order valence-electron chi connectivity index (χ3n) is 9.53. The van der Waals surface area contributed by atoms with Gasteiger partial charge in [-0.2, -0.15) is 5.10 Å². The van der Waals surface area contributed by atoms with Crippen molar-refractivity contribution in [3.05, 3.63) is 59.2 Å². The monoisotopic (exact) mass is 502 g/mol. The number of fused-ring (bicyclic) bond motifs is 1. The number of allylic oxidation sites excluding steroid dienone is 1. The van der Waals surface area contributed by atoms with Gasteiger partial charge in [-0.3, -0.25) is 4.99 Å². The van der Waals surface area contributed by atoms with Gasteiger partial charge in [0.2, 0.25) is 0 Å². The van der Waals surface area contributed by atoms with Crippen LogP contribution in [-0.4, -0.2) is 69.1 Å². The Morgan fingerprint density at radius 3 is 2.76 bits per heavy atom. The summed E-state index contributed by atoms with van der Waals surface area (Å²) in [7, 11) is 0. The van der Waals surface area contributed by atoms with Crippen molar-refractivity contribution < 1.29 is 9.90 Å². The number of H-pyrrole nitrogens is 1. The molecule has 0 amide bonds. The lowest BCUT2D eigenvalue weighted by Gasteiger charge is -2.38. The first-order valence-electron chi connectivity index (χ1n) is 13.7. The lowest BCUT2D eigenvalue weighted by molar-refractivity contribution is -0.111. The van der Waals surface area contributed by atoms with Gasteiger partial charge in [-0.05, 0) is 73.9 Å². The molecule has 5 heterocycles. The van der Waals surface area contributed by atoms with Crippen molar-refractivity contribution in [2.45, 2.75) is 51.3 Å². The van der Waals surface area contributed by atoms with Gasteiger partial charge in [0.25, 0.3) is 0 Å². The molecule has 196 valence electrons. The molecular formula is C29H38N6O2. The van der Waals surface area contributed by atoms with Crippen molar-refractivity contribution in [3.63, 3.8) is 0 Å². The first-order chi connectivity index (χ1) is 17.9. The first kappa shape index (κ1) is 24.5. The molecule has 0 spiro atoms. The molecule has 2 fully saturated rings. The molecule has 1 saturated heterocycles. The lowest BCUT2D eigenvalue weighted by atomic mass is 9.78. The number of piperidine rings is 1. The molecule has 6 atom stereocenters. The van der Waals surface area contributed by atoms with E-state index in [0.717, 1.165) is 73.4 Å². The van der Waals surface area contributed by atoms with Crippen molar-refractivity contribution in [2.75, 3.05) is 26.2 Å². The molecule has 0 aromatic carbocycles.